The van der Waals surface area contributed by atoms with Gasteiger partial charge in [-0.15, -0.1) is 0 Å². The molecule has 0 aromatic carbocycles. The number of nitrogens with two attached hydrogens (primary N) is 1. The summed E-state index contributed by atoms with van der Waals surface area (Å²) in [5, 5.41) is 0. The van der Waals surface area contributed by atoms with Crippen molar-refractivity contribution < 1.29 is 8.42 Å². The summed E-state index contributed by atoms with van der Waals surface area (Å²) in [4.78, 5) is 8.77. The van der Waals surface area contributed by atoms with Gasteiger partial charge in [0.15, 0.2) is 5.65 Å². The third-order valence-corrected chi connectivity index (χ3v) is 5.31. The fourth-order valence-corrected chi connectivity index (χ4v) is 4.05. The average molecular weight is 280 g/mol. The SMILES string of the molecule is Cc1ccc2nc(N)n(C3CCS(=O)(=O)CC3)c2n1. The molecule has 0 unspecified atom stereocenters. The second kappa shape index (κ2) is 4.19. The minimum atomic E-state index is -2.88. The van der Waals surface area contributed by atoms with Crippen molar-refractivity contribution in [2.75, 3.05) is 17.2 Å². The van der Waals surface area contributed by atoms with Gasteiger partial charge in [0, 0.05) is 11.7 Å². The van der Waals surface area contributed by atoms with Crippen molar-refractivity contribution in [3.8, 4) is 0 Å². The maximum atomic E-state index is 11.5. The van der Waals surface area contributed by atoms with Gasteiger partial charge in [-0.2, -0.15) is 0 Å². The topological polar surface area (TPSA) is 90.9 Å². The van der Waals surface area contributed by atoms with Gasteiger partial charge >= 0.3 is 0 Å². The molecule has 1 aliphatic heterocycles. The van der Waals surface area contributed by atoms with Crippen LogP contribution in [-0.2, 0) is 9.84 Å². The molecule has 2 aromatic heterocycles. The van der Waals surface area contributed by atoms with Crippen LogP contribution in [0.25, 0.3) is 11.2 Å². The van der Waals surface area contributed by atoms with Crippen LogP contribution in [0, 0.1) is 6.92 Å². The molecule has 0 atom stereocenters. The summed E-state index contributed by atoms with van der Waals surface area (Å²) in [6, 6.07) is 3.86. The van der Waals surface area contributed by atoms with E-state index >= 15 is 0 Å². The van der Waals surface area contributed by atoms with Crippen molar-refractivity contribution >= 4 is 26.9 Å². The molecule has 2 aromatic rings. The van der Waals surface area contributed by atoms with E-state index in [9.17, 15) is 8.42 Å². The highest BCUT2D eigenvalue weighted by atomic mass is 32.2. The Kier molecular flexibility index (Phi) is 2.74. The van der Waals surface area contributed by atoms with Crippen molar-refractivity contribution in [3.63, 3.8) is 0 Å². The maximum absolute atomic E-state index is 11.5. The highest BCUT2D eigenvalue weighted by Gasteiger charge is 2.27. The summed E-state index contributed by atoms with van der Waals surface area (Å²) in [5.41, 5.74) is 8.38. The molecular weight excluding hydrogens is 264 g/mol. The molecule has 0 radical (unpaired) electrons. The molecule has 0 aliphatic carbocycles. The fraction of sp³-hybridized carbons (Fsp3) is 0.500. The lowest BCUT2D eigenvalue weighted by Crippen LogP contribution is -2.26. The first kappa shape index (κ1) is 12.4. The smallest absolute Gasteiger partial charge is 0.202 e. The molecule has 0 saturated carbocycles. The van der Waals surface area contributed by atoms with E-state index < -0.39 is 9.84 Å². The fourth-order valence-electron chi connectivity index (χ4n) is 2.58. The monoisotopic (exact) mass is 280 g/mol. The minimum Gasteiger partial charge on any atom is -0.369 e. The molecule has 0 amide bonds. The third-order valence-electron chi connectivity index (χ3n) is 3.59. The van der Waals surface area contributed by atoms with E-state index in [0.29, 0.717) is 18.8 Å². The highest BCUT2D eigenvalue weighted by molar-refractivity contribution is 7.91. The lowest BCUT2D eigenvalue weighted by Gasteiger charge is -2.24. The van der Waals surface area contributed by atoms with Crippen LogP contribution in [-0.4, -0.2) is 34.5 Å². The molecule has 6 nitrogen and oxygen atoms in total. The van der Waals surface area contributed by atoms with Gasteiger partial charge in [0.05, 0.1) is 11.5 Å². The van der Waals surface area contributed by atoms with Crippen LogP contribution < -0.4 is 5.73 Å². The summed E-state index contributed by atoms with van der Waals surface area (Å²) in [6.45, 7) is 1.91. The summed E-state index contributed by atoms with van der Waals surface area (Å²) in [5.74, 6) is 0.836. The molecule has 3 rings (SSSR count). The van der Waals surface area contributed by atoms with E-state index in [2.05, 4.69) is 9.97 Å². The summed E-state index contributed by atoms with van der Waals surface area (Å²) >= 11 is 0. The molecule has 3 heterocycles. The first-order valence-corrected chi connectivity index (χ1v) is 8.10. The molecule has 7 heteroatoms. The van der Waals surface area contributed by atoms with Crippen molar-refractivity contribution in [2.24, 2.45) is 0 Å². The predicted octanol–water partition coefficient (Wildman–Crippen LogP) is 1.07. The Morgan fingerprint density at radius 2 is 1.95 bits per heavy atom. The normalized spacial score (nSPS) is 19.8. The minimum absolute atomic E-state index is 0.0721. The van der Waals surface area contributed by atoms with Crippen LogP contribution in [0.15, 0.2) is 12.1 Å². The van der Waals surface area contributed by atoms with Gasteiger partial charge in [-0.25, -0.2) is 18.4 Å². The summed E-state index contributed by atoms with van der Waals surface area (Å²) in [6.07, 6.45) is 1.15. The van der Waals surface area contributed by atoms with Crippen LogP contribution in [0.2, 0.25) is 0 Å². The number of imidazole rings is 1. The lowest BCUT2D eigenvalue weighted by atomic mass is 10.1. The van der Waals surface area contributed by atoms with Crippen molar-refractivity contribution in [3.05, 3.63) is 17.8 Å². The first-order chi connectivity index (χ1) is 8.96. The molecule has 1 aliphatic rings. The Balaban J connectivity index is 2.05. The van der Waals surface area contributed by atoms with Crippen LogP contribution >= 0.6 is 0 Å². The molecular formula is C12H16N4O2S. The largest absolute Gasteiger partial charge is 0.369 e. The van der Waals surface area contributed by atoms with E-state index in [-0.39, 0.29) is 17.5 Å². The zero-order chi connectivity index (χ0) is 13.6. The molecule has 0 spiro atoms. The Bertz CT molecular complexity index is 722. The Morgan fingerprint density at radius 3 is 2.63 bits per heavy atom. The van der Waals surface area contributed by atoms with E-state index in [0.717, 1.165) is 16.9 Å². The second-order valence-corrected chi connectivity index (χ2v) is 7.32. The number of aryl methyl sites for hydroxylation is 1. The molecule has 102 valence electrons. The van der Waals surface area contributed by atoms with Gasteiger partial charge in [-0.1, -0.05) is 0 Å². The van der Waals surface area contributed by atoms with Crippen LogP contribution in [0.3, 0.4) is 0 Å². The number of hydrogen-bond acceptors (Lipinski definition) is 5. The first-order valence-electron chi connectivity index (χ1n) is 6.28. The van der Waals surface area contributed by atoms with E-state index in [1.165, 1.54) is 0 Å². The van der Waals surface area contributed by atoms with Gasteiger partial charge in [0.2, 0.25) is 5.95 Å². The molecule has 1 saturated heterocycles. The number of rotatable bonds is 1. The lowest BCUT2D eigenvalue weighted by molar-refractivity contribution is 0.461. The Hall–Kier alpha value is -1.63. The van der Waals surface area contributed by atoms with Gasteiger partial charge in [-0.3, -0.25) is 4.57 Å². The van der Waals surface area contributed by atoms with Crippen molar-refractivity contribution in [1.29, 1.82) is 0 Å². The number of pyridine rings is 1. The predicted molar refractivity (Wildman–Crippen MR) is 73.6 cm³/mol. The van der Waals surface area contributed by atoms with E-state index in [4.69, 9.17) is 5.73 Å². The summed E-state index contributed by atoms with van der Waals surface area (Å²) in [7, 11) is -2.88. The van der Waals surface area contributed by atoms with Gasteiger partial charge in [0.1, 0.15) is 15.4 Å². The van der Waals surface area contributed by atoms with Crippen LogP contribution in [0.1, 0.15) is 24.6 Å². The van der Waals surface area contributed by atoms with E-state index in [1.54, 1.807) is 0 Å². The standard InChI is InChI=1S/C12H16N4O2S/c1-8-2-3-10-11(14-8)16(12(13)15-10)9-4-6-19(17,18)7-5-9/h2-3,9H,4-7H2,1H3,(H2,13,15). The maximum Gasteiger partial charge on any atom is 0.202 e. The summed E-state index contributed by atoms with van der Waals surface area (Å²) < 4.78 is 24.9. The van der Waals surface area contributed by atoms with E-state index in [1.807, 2.05) is 23.6 Å². The van der Waals surface area contributed by atoms with Crippen LogP contribution in [0.5, 0.6) is 0 Å². The zero-order valence-corrected chi connectivity index (χ0v) is 11.5. The zero-order valence-electron chi connectivity index (χ0n) is 10.7. The molecule has 2 N–H and O–H groups in total. The second-order valence-electron chi connectivity index (χ2n) is 5.02. The quantitative estimate of drug-likeness (QED) is 0.843. The Morgan fingerprint density at radius 1 is 1.26 bits per heavy atom. The van der Waals surface area contributed by atoms with Gasteiger partial charge in [-0.05, 0) is 31.9 Å². The number of nitrogen functional groups attached to an aromatic ring is 1. The van der Waals surface area contributed by atoms with Crippen LogP contribution in [0.4, 0.5) is 5.95 Å². The number of nitrogens with zero attached hydrogens (tertiary/aromatic N) is 3. The number of hydrogen-bond donors (Lipinski definition) is 1. The van der Waals surface area contributed by atoms with Gasteiger partial charge < -0.3 is 5.73 Å². The Labute approximate surface area is 111 Å². The highest BCUT2D eigenvalue weighted by Crippen LogP contribution is 2.29. The number of sulfone groups is 1. The van der Waals surface area contributed by atoms with Crippen molar-refractivity contribution in [1.82, 2.24) is 14.5 Å². The molecule has 1 fully saturated rings. The van der Waals surface area contributed by atoms with Gasteiger partial charge in [0.25, 0.3) is 0 Å². The third kappa shape index (κ3) is 2.18. The molecule has 0 bridgehead atoms. The number of anilines is 1. The average Bonchev–Trinajstić information content (AvgIpc) is 2.65. The number of aromatic nitrogens is 3. The number of fused-ring (bicyclic) bond motifs is 1. The molecule has 19 heavy (non-hydrogen) atoms. The van der Waals surface area contributed by atoms with Crippen molar-refractivity contribution in [2.45, 2.75) is 25.8 Å².